The van der Waals surface area contributed by atoms with E-state index in [1.807, 2.05) is 4.98 Å². The van der Waals surface area contributed by atoms with E-state index >= 15 is 0 Å². The van der Waals surface area contributed by atoms with Gasteiger partial charge in [0.25, 0.3) is 21.2 Å². The van der Waals surface area contributed by atoms with E-state index in [0.717, 1.165) is 6.20 Å². The zero-order valence-electron chi connectivity index (χ0n) is 17.8. The van der Waals surface area contributed by atoms with Crippen LogP contribution in [0.4, 0.5) is 0 Å². The van der Waals surface area contributed by atoms with Crippen LogP contribution in [0, 0.1) is 0 Å². The second-order valence-electron chi connectivity index (χ2n) is 6.08. The Bertz CT molecular complexity index is 1230. The predicted molar refractivity (Wildman–Crippen MR) is 101 cm³/mol. The first kappa shape index (κ1) is 37.6. The number of hydrogen-bond acceptors (Lipinski definition) is 15. The van der Waals surface area contributed by atoms with E-state index in [2.05, 4.69) is 33.4 Å². The molecule has 8 unspecified atom stereocenters. The Hall–Kier alpha value is 1.60. The molecule has 0 amide bonds. The van der Waals surface area contributed by atoms with Gasteiger partial charge < -0.3 is 43.9 Å². The molecule has 2 rings (SSSR count). The largest absolute Gasteiger partial charge is 1.00 e. The number of nitrogens with one attached hydrogen (secondary N) is 1. The van der Waals surface area contributed by atoms with Crippen LogP contribution < -0.4 is 80.2 Å². The number of phosphoric ester groups is 1. The first-order valence-corrected chi connectivity index (χ1v) is 14.8. The molecule has 0 radical (unpaired) electrons. The number of rotatable bonds is 10. The maximum Gasteiger partial charge on any atom is 1.00 e. The summed E-state index contributed by atoms with van der Waals surface area (Å²) in [5, 5.41) is 20.1. The minimum Gasteiger partial charge on any atom is -0.756 e. The SMILES string of the molecule is O=c1[nH]c(=O)n(C2OC(COP(=O)([O-])OP(=O)(O)OP(=O)(O)OP(=O)([O-])O)C(O)C2O)cc1Br.[Na+].[Na+]. The van der Waals surface area contributed by atoms with Gasteiger partial charge in [-0.1, -0.05) is 0 Å². The van der Waals surface area contributed by atoms with Gasteiger partial charge in [0.2, 0.25) is 0 Å². The van der Waals surface area contributed by atoms with E-state index in [-0.39, 0.29) is 63.6 Å². The van der Waals surface area contributed by atoms with E-state index in [1.165, 1.54) is 0 Å². The maximum absolute atomic E-state index is 11.9. The molecular formula is C9H13BrN2Na2O18P4. The third-order valence-electron chi connectivity index (χ3n) is 3.55. The Kier molecular flexibility index (Phi) is 14.6. The molecule has 196 valence electrons. The van der Waals surface area contributed by atoms with Gasteiger partial charge in [-0.05, 0) is 15.9 Å². The molecule has 1 aliphatic heterocycles. The minimum atomic E-state index is -6.13. The molecule has 0 aliphatic carbocycles. The van der Waals surface area contributed by atoms with Gasteiger partial charge in [-0.2, -0.15) is 4.31 Å². The Morgan fingerprint density at radius 3 is 2.06 bits per heavy atom. The van der Waals surface area contributed by atoms with Crippen molar-refractivity contribution in [1.82, 2.24) is 9.55 Å². The molecule has 1 aromatic heterocycles. The van der Waals surface area contributed by atoms with Gasteiger partial charge in [0.1, 0.15) is 18.3 Å². The second kappa shape index (κ2) is 14.0. The van der Waals surface area contributed by atoms with E-state index in [4.69, 9.17) is 14.5 Å². The van der Waals surface area contributed by atoms with Crippen molar-refractivity contribution in [1.29, 1.82) is 0 Å². The summed E-state index contributed by atoms with van der Waals surface area (Å²) in [4.78, 5) is 73.8. The van der Waals surface area contributed by atoms with Gasteiger partial charge in [-0.3, -0.25) is 23.5 Å². The van der Waals surface area contributed by atoms with Gasteiger partial charge in [0, 0.05) is 6.20 Å². The third-order valence-corrected chi connectivity index (χ3v) is 9.51. The molecule has 0 bridgehead atoms. The molecule has 1 aromatic rings. The van der Waals surface area contributed by atoms with Crippen molar-refractivity contribution in [3.8, 4) is 0 Å². The fraction of sp³-hybridized carbons (Fsp3) is 0.556. The number of halogens is 1. The molecule has 8 atom stereocenters. The molecule has 36 heavy (non-hydrogen) atoms. The van der Waals surface area contributed by atoms with Crippen molar-refractivity contribution in [3.63, 3.8) is 0 Å². The number of phosphoric acid groups is 4. The van der Waals surface area contributed by atoms with Gasteiger partial charge in [0.05, 0.1) is 11.1 Å². The van der Waals surface area contributed by atoms with E-state index in [0.29, 0.717) is 4.57 Å². The van der Waals surface area contributed by atoms with Crippen LogP contribution >= 0.6 is 47.2 Å². The Morgan fingerprint density at radius 2 is 1.53 bits per heavy atom. The summed E-state index contributed by atoms with van der Waals surface area (Å²) in [5.41, 5.74) is -1.91. The monoisotopic (exact) mass is 686 g/mol. The number of H-pyrrole nitrogens is 1. The average molecular weight is 687 g/mol. The zero-order valence-corrected chi connectivity index (χ0v) is 26.9. The van der Waals surface area contributed by atoms with Crippen molar-refractivity contribution in [2.45, 2.75) is 24.5 Å². The standard InChI is InChI=1S/C9H15BrN2O18P4.2Na/c10-3-1-12(9(16)11-7(3)15)8-6(14)5(13)4(27-8)2-26-32(20,21)29-34(24,25)30-33(22,23)28-31(17,18)19;;/h1,4-6,8,13-14H,2H2,(H,20,21)(H,22,23)(H,24,25)(H,11,15,16)(H2,17,18,19);;/q;2*+1/p-2. The number of aliphatic hydroxyl groups excluding tert-OH is 2. The number of nitrogens with zero attached hydrogens (tertiary/aromatic N) is 1. The van der Waals surface area contributed by atoms with Gasteiger partial charge >= 0.3 is 80.4 Å². The van der Waals surface area contributed by atoms with Gasteiger partial charge in [-0.25, -0.2) is 22.5 Å². The summed E-state index contributed by atoms with van der Waals surface area (Å²) < 4.78 is 64.7. The summed E-state index contributed by atoms with van der Waals surface area (Å²) in [5.74, 6) is 0. The van der Waals surface area contributed by atoms with E-state index in [9.17, 15) is 52.7 Å². The molecule has 1 saturated heterocycles. The van der Waals surface area contributed by atoms with Crippen LogP contribution in [0.5, 0.6) is 0 Å². The van der Waals surface area contributed by atoms with Crippen molar-refractivity contribution in [2.24, 2.45) is 0 Å². The van der Waals surface area contributed by atoms with Crippen LogP contribution in [0.25, 0.3) is 0 Å². The molecule has 2 heterocycles. The molecule has 0 saturated carbocycles. The molecule has 27 heteroatoms. The topological polar surface area (TPSA) is 317 Å². The third kappa shape index (κ3) is 11.2. The fourth-order valence-corrected chi connectivity index (χ4v) is 7.06. The van der Waals surface area contributed by atoms with E-state index in [1.54, 1.807) is 0 Å². The molecule has 1 fully saturated rings. The van der Waals surface area contributed by atoms with Crippen LogP contribution in [-0.2, 0) is 40.5 Å². The van der Waals surface area contributed by atoms with Crippen LogP contribution in [0.15, 0.2) is 20.3 Å². The Labute approximate surface area is 251 Å². The van der Waals surface area contributed by atoms with Crippen LogP contribution in [0.1, 0.15) is 6.23 Å². The Balaban J connectivity index is 0.00000612. The van der Waals surface area contributed by atoms with Crippen molar-refractivity contribution >= 4 is 47.2 Å². The van der Waals surface area contributed by atoms with Crippen molar-refractivity contribution in [2.75, 3.05) is 6.61 Å². The fourth-order valence-electron chi connectivity index (χ4n) is 2.35. The molecular weight excluding hydrogens is 674 g/mol. The molecule has 6 N–H and O–H groups in total. The number of ether oxygens (including phenoxy) is 1. The van der Waals surface area contributed by atoms with Crippen molar-refractivity contribution in [3.05, 3.63) is 31.5 Å². The number of aromatic amines is 1. The summed E-state index contributed by atoms with van der Waals surface area (Å²) in [6.45, 7) is -1.23. The van der Waals surface area contributed by atoms with Crippen molar-refractivity contribution < 1.29 is 134 Å². The number of hydrogen-bond donors (Lipinski definition) is 6. The first-order chi connectivity index (χ1) is 15.2. The summed E-state index contributed by atoms with van der Waals surface area (Å²) in [7, 11) is -24.1. The summed E-state index contributed by atoms with van der Waals surface area (Å²) in [6, 6.07) is 0. The zero-order chi connectivity index (χ0) is 26.3. The smallest absolute Gasteiger partial charge is 0.756 e. The number of aliphatic hydroxyl groups is 2. The minimum absolute atomic E-state index is 0. The quantitative estimate of drug-likeness (QED) is 0.0982. The number of aromatic nitrogens is 2. The maximum atomic E-state index is 11.9. The predicted octanol–water partition coefficient (Wildman–Crippen LogP) is -8.88. The van der Waals surface area contributed by atoms with Crippen LogP contribution in [0.3, 0.4) is 0 Å². The van der Waals surface area contributed by atoms with Crippen LogP contribution in [0.2, 0.25) is 0 Å². The second-order valence-corrected chi connectivity index (χ2v) is 12.9. The van der Waals surface area contributed by atoms with E-state index < -0.39 is 73.7 Å². The molecule has 1 aliphatic rings. The van der Waals surface area contributed by atoms with Gasteiger partial charge in [-0.15, -0.1) is 0 Å². The normalized spacial score (nSPS) is 28.4. The molecule has 20 nitrogen and oxygen atoms in total. The summed E-state index contributed by atoms with van der Waals surface area (Å²) in [6.07, 6.45) is -6.28. The molecule has 0 aromatic carbocycles. The van der Waals surface area contributed by atoms with Crippen LogP contribution in [-0.4, -0.2) is 59.4 Å². The molecule has 0 spiro atoms. The van der Waals surface area contributed by atoms with Gasteiger partial charge in [0.15, 0.2) is 6.23 Å². The average Bonchev–Trinajstić information content (AvgIpc) is 2.87. The Morgan fingerprint density at radius 1 is 1.00 bits per heavy atom. The summed E-state index contributed by atoms with van der Waals surface area (Å²) >= 11 is 2.82. The first-order valence-electron chi connectivity index (χ1n) is 8.03.